The van der Waals surface area contributed by atoms with Crippen LogP contribution in [0.5, 0.6) is 0 Å². The molecule has 2 N–H and O–H groups in total. The topological polar surface area (TPSA) is 29.3 Å². The van der Waals surface area contributed by atoms with Gasteiger partial charge in [0.2, 0.25) is 0 Å². The van der Waals surface area contributed by atoms with Crippen molar-refractivity contribution in [2.24, 2.45) is 5.73 Å². The maximum absolute atomic E-state index is 6.20. The van der Waals surface area contributed by atoms with E-state index in [4.69, 9.17) is 5.73 Å². The SMILES string of the molecule is CCC(C)N(C)CC(N)c1ccc(C)cc1. The molecule has 1 rings (SSSR count). The molecule has 2 atom stereocenters. The van der Waals surface area contributed by atoms with Gasteiger partial charge in [0, 0.05) is 18.6 Å². The molecule has 0 aliphatic heterocycles. The Morgan fingerprint density at radius 1 is 1.25 bits per heavy atom. The molecule has 2 unspecified atom stereocenters. The quantitative estimate of drug-likeness (QED) is 0.826. The lowest BCUT2D eigenvalue weighted by Crippen LogP contribution is -2.35. The molecule has 0 radical (unpaired) electrons. The Hall–Kier alpha value is -0.860. The third-order valence-electron chi connectivity index (χ3n) is 3.33. The highest BCUT2D eigenvalue weighted by Gasteiger charge is 2.12. The molecular weight excluding hydrogens is 196 g/mol. The molecule has 0 bridgehead atoms. The Kier molecular flexibility index (Phi) is 4.97. The maximum atomic E-state index is 6.20. The van der Waals surface area contributed by atoms with Crippen LogP contribution in [0.4, 0.5) is 0 Å². The van der Waals surface area contributed by atoms with Crippen molar-refractivity contribution in [3.8, 4) is 0 Å². The monoisotopic (exact) mass is 220 g/mol. The van der Waals surface area contributed by atoms with Crippen LogP contribution in [0.15, 0.2) is 24.3 Å². The molecule has 0 amide bonds. The Labute approximate surface area is 99.5 Å². The highest BCUT2D eigenvalue weighted by Crippen LogP contribution is 2.13. The number of nitrogens with two attached hydrogens (primary N) is 1. The van der Waals surface area contributed by atoms with E-state index < -0.39 is 0 Å². The van der Waals surface area contributed by atoms with Crippen LogP contribution in [0, 0.1) is 6.92 Å². The highest BCUT2D eigenvalue weighted by atomic mass is 15.1. The van der Waals surface area contributed by atoms with Crippen molar-refractivity contribution >= 4 is 0 Å². The Balaban J connectivity index is 2.58. The molecule has 1 aromatic rings. The Morgan fingerprint density at radius 2 is 1.81 bits per heavy atom. The third-order valence-corrected chi connectivity index (χ3v) is 3.33. The number of rotatable bonds is 5. The minimum Gasteiger partial charge on any atom is -0.323 e. The van der Waals surface area contributed by atoms with Gasteiger partial charge in [0.05, 0.1) is 0 Å². The molecule has 16 heavy (non-hydrogen) atoms. The molecule has 0 saturated heterocycles. The number of likely N-dealkylation sites (N-methyl/N-ethyl adjacent to an activating group) is 1. The first-order valence-corrected chi connectivity index (χ1v) is 6.07. The van der Waals surface area contributed by atoms with E-state index in [0.717, 1.165) is 13.0 Å². The first kappa shape index (κ1) is 13.2. The summed E-state index contributed by atoms with van der Waals surface area (Å²) in [6, 6.07) is 9.21. The summed E-state index contributed by atoms with van der Waals surface area (Å²) in [6.07, 6.45) is 1.16. The van der Waals surface area contributed by atoms with Crippen molar-refractivity contribution in [3.63, 3.8) is 0 Å². The van der Waals surface area contributed by atoms with Crippen molar-refractivity contribution in [3.05, 3.63) is 35.4 Å². The number of aryl methyl sites for hydroxylation is 1. The minimum atomic E-state index is 0.111. The summed E-state index contributed by atoms with van der Waals surface area (Å²) in [7, 11) is 2.14. The van der Waals surface area contributed by atoms with Crippen LogP contribution in [-0.4, -0.2) is 24.5 Å². The van der Waals surface area contributed by atoms with Crippen molar-refractivity contribution in [1.29, 1.82) is 0 Å². The second-order valence-corrected chi connectivity index (χ2v) is 4.71. The normalized spacial score (nSPS) is 15.1. The molecule has 0 saturated carbocycles. The number of benzene rings is 1. The molecule has 1 aromatic carbocycles. The molecule has 90 valence electrons. The molecular formula is C14H24N2. The number of hydrogen-bond acceptors (Lipinski definition) is 2. The van der Waals surface area contributed by atoms with Crippen molar-refractivity contribution in [2.75, 3.05) is 13.6 Å². The maximum Gasteiger partial charge on any atom is 0.0424 e. The average molecular weight is 220 g/mol. The predicted molar refractivity (Wildman–Crippen MR) is 70.5 cm³/mol. The van der Waals surface area contributed by atoms with Gasteiger partial charge in [-0.1, -0.05) is 36.8 Å². The standard InChI is InChI=1S/C14H24N2/c1-5-12(3)16(4)10-14(15)13-8-6-11(2)7-9-13/h6-9,12,14H,5,10,15H2,1-4H3. The van der Waals surface area contributed by atoms with Crippen molar-refractivity contribution < 1.29 is 0 Å². The summed E-state index contributed by atoms with van der Waals surface area (Å²) < 4.78 is 0. The Morgan fingerprint density at radius 3 is 2.31 bits per heavy atom. The second-order valence-electron chi connectivity index (χ2n) is 4.71. The molecule has 0 aliphatic rings. The fourth-order valence-electron chi connectivity index (χ4n) is 1.72. The summed E-state index contributed by atoms with van der Waals surface area (Å²) in [5.41, 5.74) is 8.70. The first-order chi connectivity index (χ1) is 7.54. The van der Waals surface area contributed by atoms with Crippen LogP contribution in [0.25, 0.3) is 0 Å². The van der Waals surface area contributed by atoms with E-state index in [1.165, 1.54) is 11.1 Å². The summed E-state index contributed by atoms with van der Waals surface area (Å²) in [6.45, 7) is 7.46. The molecule has 2 heteroatoms. The van der Waals surface area contributed by atoms with Gasteiger partial charge in [0.15, 0.2) is 0 Å². The van der Waals surface area contributed by atoms with E-state index in [2.05, 4.69) is 57.0 Å². The summed E-state index contributed by atoms with van der Waals surface area (Å²) >= 11 is 0. The summed E-state index contributed by atoms with van der Waals surface area (Å²) in [4.78, 5) is 2.32. The first-order valence-electron chi connectivity index (χ1n) is 6.07. The predicted octanol–water partition coefficient (Wildman–Crippen LogP) is 2.73. The van der Waals surface area contributed by atoms with Crippen LogP contribution in [-0.2, 0) is 0 Å². The van der Waals surface area contributed by atoms with E-state index in [-0.39, 0.29) is 6.04 Å². The molecule has 2 nitrogen and oxygen atoms in total. The van der Waals surface area contributed by atoms with Gasteiger partial charge >= 0.3 is 0 Å². The Bertz CT molecular complexity index is 305. The fourth-order valence-corrected chi connectivity index (χ4v) is 1.72. The lowest BCUT2D eigenvalue weighted by atomic mass is 10.0. The molecule has 0 heterocycles. The van der Waals surface area contributed by atoms with Crippen molar-refractivity contribution in [1.82, 2.24) is 4.90 Å². The van der Waals surface area contributed by atoms with E-state index in [1.807, 2.05) is 0 Å². The zero-order chi connectivity index (χ0) is 12.1. The summed E-state index contributed by atoms with van der Waals surface area (Å²) in [5.74, 6) is 0. The van der Waals surface area contributed by atoms with E-state index >= 15 is 0 Å². The van der Waals surface area contributed by atoms with E-state index in [9.17, 15) is 0 Å². The zero-order valence-corrected chi connectivity index (χ0v) is 10.9. The third kappa shape index (κ3) is 3.62. The molecule has 0 spiro atoms. The van der Waals surface area contributed by atoms with Crippen molar-refractivity contribution in [2.45, 2.75) is 39.3 Å². The van der Waals surface area contributed by atoms with E-state index in [1.54, 1.807) is 0 Å². The largest absolute Gasteiger partial charge is 0.323 e. The molecule has 0 fully saturated rings. The van der Waals surface area contributed by atoms with Gasteiger partial charge in [-0.15, -0.1) is 0 Å². The number of hydrogen-bond donors (Lipinski definition) is 1. The lowest BCUT2D eigenvalue weighted by Gasteiger charge is -2.26. The highest BCUT2D eigenvalue weighted by molar-refractivity contribution is 5.24. The van der Waals surface area contributed by atoms with Gasteiger partial charge in [0.25, 0.3) is 0 Å². The lowest BCUT2D eigenvalue weighted by molar-refractivity contribution is 0.237. The van der Waals surface area contributed by atoms with Crippen LogP contribution < -0.4 is 5.73 Å². The van der Waals surface area contributed by atoms with Gasteiger partial charge in [-0.25, -0.2) is 0 Å². The van der Waals surface area contributed by atoms with Crippen LogP contribution in [0.1, 0.15) is 37.4 Å². The summed E-state index contributed by atoms with van der Waals surface area (Å²) in [5, 5.41) is 0. The van der Waals surface area contributed by atoms with Gasteiger partial charge in [-0.3, -0.25) is 0 Å². The fraction of sp³-hybridized carbons (Fsp3) is 0.571. The minimum absolute atomic E-state index is 0.111. The van der Waals surface area contributed by atoms with Gasteiger partial charge in [-0.05, 0) is 32.9 Å². The van der Waals surface area contributed by atoms with Gasteiger partial charge in [-0.2, -0.15) is 0 Å². The molecule has 0 aromatic heterocycles. The average Bonchev–Trinajstić information content (AvgIpc) is 2.28. The second kappa shape index (κ2) is 6.02. The van der Waals surface area contributed by atoms with Gasteiger partial charge < -0.3 is 10.6 Å². The number of nitrogens with zero attached hydrogens (tertiary/aromatic N) is 1. The van der Waals surface area contributed by atoms with Crippen LogP contribution in [0.2, 0.25) is 0 Å². The van der Waals surface area contributed by atoms with Gasteiger partial charge in [0.1, 0.15) is 0 Å². The van der Waals surface area contributed by atoms with Crippen LogP contribution >= 0.6 is 0 Å². The zero-order valence-electron chi connectivity index (χ0n) is 10.9. The van der Waals surface area contributed by atoms with Crippen LogP contribution in [0.3, 0.4) is 0 Å². The molecule has 0 aliphatic carbocycles. The van der Waals surface area contributed by atoms with E-state index in [0.29, 0.717) is 6.04 Å². The smallest absolute Gasteiger partial charge is 0.0424 e.